The van der Waals surface area contributed by atoms with Gasteiger partial charge in [-0.3, -0.25) is 14.6 Å². The van der Waals surface area contributed by atoms with Gasteiger partial charge in [0.05, 0.1) is 23.5 Å². The molecule has 1 aliphatic heterocycles. The third-order valence-corrected chi connectivity index (χ3v) is 4.53. The van der Waals surface area contributed by atoms with Gasteiger partial charge in [0.15, 0.2) is 5.76 Å². The van der Waals surface area contributed by atoms with Crippen LogP contribution in [0.15, 0.2) is 53.3 Å². The zero-order valence-corrected chi connectivity index (χ0v) is 14.6. The lowest BCUT2D eigenvalue weighted by atomic mass is 10.2. The Bertz CT molecular complexity index is 1030. The highest BCUT2D eigenvalue weighted by Gasteiger charge is 2.30. The largest absolute Gasteiger partial charge is 0.459 e. The second-order valence-corrected chi connectivity index (χ2v) is 6.36. The molecule has 0 spiro atoms. The number of nitrogens with zero attached hydrogens (tertiary/aromatic N) is 2. The first-order valence-corrected chi connectivity index (χ1v) is 8.33. The van der Waals surface area contributed by atoms with E-state index in [1.807, 2.05) is 6.07 Å². The Morgan fingerprint density at radius 3 is 2.85 bits per heavy atom. The summed E-state index contributed by atoms with van der Waals surface area (Å²) in [7, 11) is 0. The third kappa shape index (κ3) is 2.74. The van der Waals surface area contributed by atoms with Gasteiger partial charge in [0, 0.05) is 23.0 Å². The molecule has 0 aliphatic carbocycles. The molecule has 3 heterocycles. The van der Waals surface area contributed by atoms with Crippen LogP contribution in [0.5, 0.6) is 0 Å². The molecule has 0 unspecified atom stereocenters. The number of carbonyl (C=O) groups is 2. The van der Waals surface area contributed by atoms with E-state index in [1.54, 1.807) is 48.4 Å². The lowest BCUT2D eigenvalue weighted by Gasteiger charge is -2.18. The number of hydrogen-bond acceptors (Lipinski definition) is 4. The van der Waals surface area contributed by atoms with Crippen molar-refractivity contribution in [1.29, 1.82) is 0 Å². The highest BCUT2D eigenvalue weighted by molar-refractivity contribution is 6.34. The van der Waals surface area contributed by atoms with Gasteiger partial charge in [0.1, 0.15) is 5.69 Å². The molecule has 130 valence electrons. The molecule has 4 rings (SSSR count). The molecule has 1 N–H and O–H groups in total. The van der Waals surface area contributed by atoms with E-state index in [0.29, 0.717) is 28.6 Å². The minimum Gasteiger partial charge on any atom is -0.459 e. The summed E-state index contributed by atoms with van der Waals surface area (Å²) in [6.45, 7) is 2.21. The van der Waals surface area contributed by atoms with Crippen molar-refractivity contribution in [3.8, 4) is 0 Å². The van der Waals surface area contributed by atoms with E-state index in [0.717, 1.165) is 11.1 Å². The molecule has 2 aromatic heterocycles. The van der Waals surface area contributed by atoms with Crippen LogP contribution in [-0.4, -0.2) is 16.8 Å². The molecule has 2 amide bonds. The second-order valence-electron chi connectivity index (χ2n) is 5.96. The summed E-state index contributed by atoms with van der Waals surface area (Å²) in [6.07, 6.45) is 3.06. The van der Waals surface area contributed by atoms with Crippen LogP contribution < -0.4 is 10.2 Å². The fraction of sp³-hybridized carbons (Fsp3) is 0.105. The summed E-state index contributed by atoms with van der Waals surface area (Å²) in [4.78, 5) is 30.5. The average molecular weight is 368 g/mol. The molecule has 0 radical (unpaired) electrons. The van der Waals surface area contributed by atoms with E-state index >= 15 is 0 Å². The van der Waals surface area contributed by atoms with Crippen molar-refractivity contribution in [2.75, 3.05) is 10.2 Å². The molecule has 3 aromatic rings. The summed E-state index contributed by atoms with van der Waals surface area (Å²) in [5.41, 5.74) is 3.13. The van der Waals surface area contributed by atoms with Crippen molar-refractivity contribution >= 4 is 34.8 Å². The Labute approximate surface area is 154 Å². The third-order valence-electron chi connectivity index (χ3n) is 4.23. The van der Waals surface area contributed by atoms with Crippen LogP contribution in [0.4, 0.5) is 11.4 Å². The quantitative estimate of drug-likeness (QED) is 0.757. The molecule has 0 atom stereocenters. The SMILES string of the molecule is Cc1ccoc1C(=O)Nc1ccc(N2Cc3cccnc3C2=O)c(Cl)c1. The Morgan fingerprint density at radius 1 is 1.31 bits per heavy atom. The minimum absolute atomic E-state index is 0.189. The van der Waals surface area contributed by atoms with Crippen LogP contribution in [0.25, 0.3) is 0 Å². The van der Waals surface area contributed by atoms with E-state index in [2.05, 4.69) is 10.3 Å². The maximum absolute atomic E-state index is 12.5. The Balaban J connectivity index is 1.57. The van der Waals surface area contributed by atoms with Crippen LogP contribution in [0.1, 0.15) is 32.2 Å². The van der Waals surface area contributed by atoms with Gasteiger partial charge in [-0.25, -0.2) is 0 Å². The van der Waals surface area contributed by atoms with Gasteiger partial charge in [0.25, 0.3) is 11.8 Å². The van der Waals surface area contributed by atoms with E-state index in [1.165, 1.54) is 6.26 Å². The highest BCUT2D eigenvalue weighted by Crippen LogP contribution is 2.34. The highest BCUT2D eigenvalue weighted by atomic mass is 35.5. The van der Waals surface area contributed by atoms with Crippen LogP contribution in [-0.2, 0) is 6.54 Å². The molecule has 6 nitrogen and oxygen atoms in total. The fourth-order valence-corrected chi connectivity index (χ4v) is 3.20. The van der Waals surface area contributed by atoms with Crippen molar-refractivity contribution < 1.29 is 14.0 Å². The van der Waals surface area contributed by atoms with Gasteiger partial charge in [-0.1, -0.05) is 17.7 Å². The van der Waals surface area contributed by atoms with Crippen LogP contribution in [0, 0.1) is 6.92 Å². The number of nitrogens with one attached hydrogen (secondary N) is 1. The Kier molecular flexibility index (Phi) is 3.97. The number of aromatic nitrogens is 1. The van der Waals surface area contributed by atoms with Gasteiger partial charge in [-0.15, -0.1) is 0 Å². The number of rotatable bonds is 3. The number of carbonyl (C=O) groups excluding carboxylic acids is 2. The monoisotopic (exact) mass is 367 g/mol. The van der Waals surface area contributed by atoms with Crippen molar-refractivity contribution in [1.82, 2.24) is 4.98 Å². The summed E-state index contributed by atoms with van der Waals surface area (Å²) in [6, 6.07) is 10.4. The zero-order valence-electron chi connectivity index (χ0n) is 13.8. The molecule has 1 aliphatic rings. The molecule has 0 bridgehead atoms. The Hall–Kier alpha value is -3.12. The van der Waals surface area contributed by atoms with Crippen molar-refractivity contribution in [3.63, 3.8) is 0 Å². The number of benzene rings is 1. The molecule has 26 heavy (non-hydrogen) atoms. The molecule has 0 saturated heterocycles. The Morgan fingerprint density at radius 2 is 2.15 bits per heavy atom. The predicted molar refractivity (Wildman–Crippen MR) is 97.6 cm³/mol. The summed E-state index contributed by atoms with van der Waals surface area (Å²) < 4.78 is 5.18. The van der Waals surface area contributed by atoms with Crippen LogP contribution in [0.2, 0.25) is 5.02 Å². The maximum Gasteiger partial charge on any atom is 0.291 e. The normalized spacial score (nSPS) is 13.0. The number of hydrogen-bond donors (Lipinski definition) is 1. The average Bonchev–Trinajstić information content (AvgIpc) is 3.19. The van der Waals surface area contributed by atoms with Crippen molar-refractivity contribution in [3.05, 3.63) is 76.5 Å². The minimum atomic E-state index is -0.356. The number of amides is 2. The first-order chi connectivity index (χ1) is 12.5. The lowest BCUT2D eigenvalue weighted by Crippen LogP contribution is -2.23. The fourth-order valence-electron chi connectivity index (χ4n) is 2.92. The van der Waals surface area contributed by atoms with Gasteiger partial charge < -0.3 is 14.6 Å². The van der Waals surface area contributed by atoms with E-state index in [9.17, 15) is 9.59 Å². The first-order valence-electron chi connectivity index (χ1n) is 7.95. The lowest BCUT2D eigenvalue weighted by molar-refractivity contribution is 0.0986. The summed E-state index contributed by atoms with van der Waals surface area (Å²) in [5.74, 6) is -0.294. The van der Waals surface area contributed by atoms with Crippen LogP contribution >= 0.6 is 11.6 Å². The molecule has 1 aromatic carbocycles. The molecular weight excluding hydrogens is 354 g/mol. The summed E-state index contributed by atoms with van der Waals surface area (Å²) >= 11 is 6.37. The molecule has 7 heteroatoms. The smallest absolute Gasteiger partial charge is 0.291 e. The van der Waals surface area contributed by atoms with E-state index < -0.39 is 0 Å². The van der Waals surface area contributed by atoms with E-state index in [-0.39, 0.29) is 17.6 Å². The standard InChI is InChI=1S/C19H14ClN3O3/c1-11-6-8-26-17(11)18(24)22-13-4-5-15(14(20)9-13)23-10-12-3-2-7-21-16(12)19(23)25/h2-9H,10H2,1H3,(H,22,24). The van der Waals surface area contributed by atoms with E-state index in [4.69, 9.17) is 16.0 Å². The molecule has 0 saturated carbocycles. The number of furan rings is 1. The summed E-state index contributed by atoms with van der Waals surface area (Å²) in [5, 5.41) is 3.10. The van der Waals surface area contributed by atoms with Gasteiger partial charge in [0.2, 0.25) is 0 Å². The number of aryl methyl sites for hydroxylation is 1. The number of anilines is 2. The van der Waals surface area contributed by atoms with Gasteiger partial charge in [-0.05, 0) is 37.3 Å². The van der Waals surface area contributed by atoms with Crippen molar-refractivity contribution in [2.24, 2.45) is 0 Å². The maximum atomic E-state index is 12.5. The predicted octanol–water partition coefficient (Wildman–Crippen LogP) is 4.05. The topological polar surface area (TPSA) is 75.4 Å². The molecular formula is C19H14ClN3O3. The zero-order chi connectivity index (χ0) is 18.3. The van der Waals surface area contributed by atoms with Gasteiger partial charge in [-0.2, -0.15) is 0 Å². The van der Waals surface area contributed by atoms with Crippen LogP contribution in [0.3, 0.4) is 0 Å². The van der Waals surface area contributed by atoms with Gasteiger partial charge >= 0.3 is 0 Å². The first kappa shape index (κ1) is 16.4. The number of halogens is 1. The molecule has 0 fully saturated rings. The number of pyridine rings is 1. The number of fused-ring (bicyclic) bond motifs is 1. The van der Waals surface area contributed by atoms with Crippen molar-refractivity contribution in [2.45, 2.75) is 13.5 Å². The second kappa shape index (κ2) is 6.31.